The summed E-state index contributed by atoms with van der Waals surface area (Å²) in [7, 11) is 0. The average molecular weight is 427 g/mol. The van der Waals surface area contributed by atoms with Gasteiger partial charge in [0.25, 0.3) is 0 Å². The van der Waals surface area contributed by atoms with Gasteiger partial charge < -0.3 is 10.2 Å². The minimum absolute atomic E-state index is 0.0271. The van der Waals surface area contributed by atoms with Gasteiger partial charge in [0.1, 0.15) is 11.4 Å². The van der Waals surface area contributed by atoms with Gasteiger partial charge in [0.2, 0.25) is 0 Å². The van der Waals surface area contributed by atoms with Crippen molar-refractivity contribution in [3.63, 3.8) is 0 Å². The van der Waals surface area contributed by atoms with E-state index in [1.54, 1.807) is 0 Å². The Bertz CT molecular complexity index is 636. The number of rotatable bonds is 2. The van der Waals surface area contributed by atoms with Gasteiger partial charge in [0.15, 0.2) is 5.78 Å². The zero-order chi connectivity index (χ0) is 18.9. The van der Waals surface area contributed by atoms with E-state index in [9.17, 15) is 19.8 Å². The molecule has 0 spiro atoms. The topological polar surface area (TPSA) is 74.6 Å². The standard InChI is InChI=1S/C21H31BrO4/c1-19-7-5-13(23)9-12(19)3-4-14-15-6-8-21(26,17(25)11-22)20(15,2)10-16(24)18(14)19/h12-15,18,23,26H,3-11H2,1-2H3/t12-,13-,14+,15+,18-,19+,20+,21+/m1/s1. The minimum atomic E-state index is -1.37. The molecule has 4 aliphatic carbocycles. The number of halogens is 1. The van der Waals surface area contributed by atoms with Gasteiger partial charge >= 0.3 is 0 Å². The third-order valence-corrected chi connectivity index (χ3v) is 9.57. The largest absolute Gasteiger partial charge is 0.393 e. The second-order valence-corrected chi connectivity index (χ2v) is 10.5. The van der Waals surface area contributed by atoms with Crippen LogP contribution in [0.1, 0.15) is 65.2 Å². The lowest BCUT2D eigenvalue weighted by Crippen LogP contribution is -2.62. The predicted octanol–water partition coefficient (Wildman–Crippen LogP) is 3.26. The molecular weight excluding hydrogens is 396 g/mol. The molecule has 0 unspecified atom stereocenters. The number of aliphatic hydroxyl groups is 2. The SMILES string of the molecule is C[C@]12CC[C@@H](O)C[C@H]1CC[C@@H]1[C@@H]2C(=O)C[C@@]2(C)[C@H]1CC[C@]2(O)C(=O)CBr. The van der Waals surface area contributed by atoms with Gasteiger partial charge in [-0.3, -0.25) is 9.59 Å². The Hall–Kier alpha value is -0.260. The van der Waals surface area contributed by atoms with E-state index >= 15 is 0 Å². The lowest BCUT2D eigenvalue weighted by Gasteiger charge is -2.60. The first kappa shape index (κ1) is 19.1. The maximum Gasteiger partial charge on any atom is 0.175 e. The summed E-state index contributed by atoms with van der Waals surface area (Å²) in [5.41, 5.74) is -2.03. The Morgan fingerprint density at radius 1 is 1.19 bits per heavy atom. The summed E-state index contributed by atoms with van der Waals surface area (Å²) in [6, 6.07) is 0. The molecule has 8 atom stereocenters. The number of fused-ring (bicyclic) bond motifs is 5. The van der Waals surface area contributed by atoms with Crippen LogP contribution >= 0.6 is 15.9 Å². The Kier molecular flexibility index (Phi) is 4.49. The second kappa shape index (κ2) is 6.12. The van der Waals surface area contributed by atoms with E-state index in [1.165, 1.54) is 0 Å². The van der Waals surface area contributed by atoms with E-state index in [0.29, 0.717) is 18.8 Å². The van der Waals surface area contributed by atoms with Crippen molar-refractivity contribution in [2.45, 2.75) is 76.9 Å². The molecular formula is C21H31BrO4. The maximum absolute atomic E-state index is 13.4. The monoisotopic (exact) mass is 426 g/mol. The Morgan fingerprint density at radius 3 is 2.62 bits per heavy atom. The van der Waals surface area contributed by atoms with E-state index in [4.69, 9.17) is 0 Å². The highest BCUT2D eigenvalue weighted by molar-refractivity contribution is 9.09. The number of carbonyl (C=O) groups excluding carboxylic acids is 2. The third kappa shape index (κ3) is 2.32. The number of carbonyl (C=O) groups is 2. The quantitative estimate of drug-likeness (QED) is 0.664. The molecule has 0 amide bonds. The molecule has 4 saturated carbocycles. The summed E-state index contributed by atoms with van der Waals surface area (Å²) in [4.78, 5) is 26.0. The Labute approximate surface area is 164 Å². The van der Waals surface area contributed by atoms with Gasteiger partial charge in [-0.2, -0.15) is 0 Å². The normalized spacial score (nSPS) is 53.6. The summed E-state index contributed by atoms with van der Waals surface area (Å²) < 4.78 is 0. The van der Waals surface area contributed by atoms with Crippen LogP contribution in [0, 0.1) is 34.5 Å². The van der Waals surface area contributed by atoms with Crippen molar-refractivity contribution < 1.29 is 19.8 Å². The third-order valence-electron chi connectivity index (χ3n) is 9.06. The summed E-state index contributed by atoms with van der Waals surface area (Å²) in [6.45, 7) is 4.25. The highest BCUT2D eigenvalue weighted by atomic mass is 79.9. The molecule has 0 aromatic rings. The lowest BCUT2D eigenvalue weighted by molar-refractivity contribution is -0.177. The van der Waals surface area contributed by atoms with Crippen LogP contribution in [-0.2, 0) is 9.59 Å². The number of alkyl halides is 1. The number of aliphatic hydroxyl groups excluding tert-OH is 1. The van der Waals surface area contributed by atoms with Crippen LogP contribution in [0.4, 0.5) is 0 Å². The fourth-order valence-electron chi connectivity index (χ4n) is 7.62. The van der Waals surface area contributed by atoms with Crippen LogP contribution in [0.25, 0.3) is 0 Å². The molecule has 26 heavy (non-hydrogen) atoms. The van der Waals surface area contributed by atoms with E-state index in [2.05, 4.69) is 22.9 Å². The highest BCUT2D eigenvalue weighted by Crippen LogP contribution is 2.67. The van der Waals surface area contributed by atoms with Crippen LogP contribution in [0.3, 0.4) is 0 Å². The first-order chi connectivity index (χ1) is 12.2. The highest BCUT2D eigenvalue weighted by Gasteiger charge is 2.68. The first-order valence-corrected chi connectivity index (χ1v) is 11.3. The predicted molar refractivity (Wildman–Crippen MR) is 102 cm³/mol. The molecule has 0 aromatic carbocycles. The Balaban J connectivity index is 1.70. The van der Waals surface area contributed by atoms with Gasteiger partial charge in [-0.05, 0) is 68.1 Å². The van der Waals surface area contributed by atoms with Gasteiger partial charge in [0, 0.05) is 17.8 Å². The molecule has 4 nitrogen and oxygen atoms in total. The van der Waals surface area contributed by atoms with Crippen molar-refractivity contribution in [3.05, 3.63) is 0 Å². The second-order valence-electron chi connectivity index (χ2n) is 9.97. The number of hydrogen-bond donors (Lipinski definition) is 2. The number of hydrogen-bond acceptors (Lipinski definition) is 4. The van der Waals surface area contributed by atoms with Crippen molar-refractivity contribution in [2.75, 3.05) is 5.33 Å². The van der Waals surface area contributed by atoms with E-state index in [-0.39, 0.29) is 46.2 Å². The van der Waals surface area contributed by atoms with Crippen molar-refractivity contribution in [3.8, 4) is 0 Å². The molecule has 0 radical (unpaired) electrons. The molecule has 0 bridgehead atoms. The molecule has 0 heterocycles. The fraction of sp³-hybridized carbons (Fsp3) is 0.905. The molecule has 0 aliphatic heterocycles. The molecule has 4 aliphatic rings. The maximum atomic E-state index is 13.4. The van der Waals surface area contributed by atoms with Gasteiger partial charge in [0.05, 0.1) is 11.4 Å². The van der Waals surface area contributed by atoms with E-state index in [0.717, 1.165) is 38.5 Å². The molecule has 0 aromatic heterocycles. The van der Waals surface area contributed by atoms with Crippen molar-refractivity contribution >= 4 is 27.5 Å². The van der Waals surface area contributed by atoms with Gasteiger partial charge in [-0.25, -0.2) is 0 Å². The lowest BCUT2D eigenvalue weighted by atomic mass is 9.44. The molecule has 0 saturated heterocycles. The summed E-state index contributed by atoms with van der Waals surface area (Å²) in [5, 5.41) is 21.5. The fourth-order valence-corrected chi connectivity index (χ4v) is 8.09. The first-order valence-electron chi connectivity index (χ1n) is 10.2. The van der Waals surface area contributed by atoms with Crippen molar-refractivity contribution in [1.82, 2.24) is 0 Å². The zero-order valence-electron chi connectivity index (χ0n) is 15.8. The van der Waals surface area contributed by atoms with Gasteiger partial charge in [-0.1, -0.05) is 29.8 Å². The molecule has 4 fully saturated rings. The molecule has 146 valence electrons. The van der Waals surface area contributed by atoms with E-state index < -0.39 is 11.0 Å². The van der Waals surface area contributed by atoms with Gasteiger partial charge in [-0.15, -0.1) is 0 Å². The molecule has 2 N–H and O–H groups in total. The van der Waals surface area contributed by atoms with Crippen LogP contribution < -0.4 is 0 Å². The summed E-state index contributed by atoms with van der Waals surface area (Å²) in [6.07, 6.45) is 5.98. The smallest absolute Gasteiger partial charge is 0.175 e. The van der Waals surface area contributed by atoms with Crippen LogP contribution in [0.15, 0.2) is 0 Å². The van der Waals surface area contributed by atoms with Crippen LogP contribution in [0.2, 0.25) is 0 Å². The zero-order valence-corrected chi connectivity index (χ0v) is 17.4. The van der Waals surface area contributed by atoms with Crippen LogP contribution in [0.5, 0.6) is 0 Å². The number of ketones is 2. The van der Waals surface area contributed by atoms with Crippen LogP contribution in [-0.4, -0.2) is 38.8 Å². The molecule has 5 heteroatoms. The summed E-state index contributed by atoms with van der Waals surface area (Å²) >= 11 is 3.23. The number of Topliss-reactive ketones (excluding diaryl/α,β-unsaturated/α-hetero) is 2. The average Bonchev–Trinajstić information content (AvgIpc) is 2.86. The van der Waals surface area contributed by atoms with E-state index in [1.807, 2.05) is 6.92 Å². The van der Waals surface area contributed by atoms with Crippen molar-refractivity contribution in [2.24, 2.45) is 34.5 Å². The molecule has 4 rings (SSSR count). The van der Waals surface area contributed by atoms with Crippen molar-refractivity contribution in [1.29, 1.82) is 0 Å². The Morgan fingerprint density at radius 2 is 1.92 bits per heavy atom. The minimum Gasteiger partial charge on any atom is -0.393 e. The summed E-state index contributed by atoms with van der Waals surface area (Å²) in [5.74, 6) is 1.05.